The van der Waals surface area contributed by atoms with Crippen molar-refractivity contribution in [2.24, 2.45) is 0 Å². The molecule has 0 bridgehead atoms. The number of pyridine rings is 1. The van der Waals surface area contributed by atoms with Crippen molar-refractivity contribution in [1.29, 1.82) is 0 Å². The van der Waals surface area contributed by atoms with Crippen LogP contribution in [0.5, 0.6) is 11.6 Å². The molecule has 0 N–H and O–H groups in total. The van der Waals surface area contributed by atoms with Gasteiger partial charge in [-0.1, -0.05) is 60.7 Å². The lowest BCUT2D eigenvalue weighted by molar-refractivity contribution is -0.0500. The minimum absolute atomic E-state index is 0.332. The molecular formula is C20H14F3NO6S. The molecule has 0 fully saturated rings. The van der Waals surface area contributed by atoms with Crippen molar-refractivity contribution < 1.29 is 40.0 Å². The van der Waals surface area contributed by atoms with E-state index in [4.69, 9.17) is 9.47 Å². The summed E-state index contributed by atoms with van der Waals surface area (Å²) < 4.78 is 73.3. The third kappa shape index (κ3) is 5.72. The van der Waals surface area contributed by atoms with Gasteiger partial charge in [-0.15, -0.1) is 0 Å². The van der Waals surface area contributed by atoms with E-state index in [1.54, 1.807) is 60.7 Å². The van der Waals surface area contributed by atoms with Crippen molar-refractivity contribution in [2.75, 3.05) is 0 Å². The van der Waals surface area contributed by atoms with Gasteiger partial charge in [0.25, 0.3) is 0 Å². The summed E-state index contributed by atoms with van der Waals surface area (Å²) in [6, 6.07) is 19.6. The highest BCUT2D eigenvalue weighted by Crippen LogP contribution is 2.28. The molecule has 1 heterocycles. The van der Waals surface area contributed by atoms with E-state index in [1.165, 1.54) is 0 Å². The van der Waals surface area contributed by atoms with E-state index in [0.717, 1.165) is 12.1 Å². The predicted molar refractivity (Wildman–Crippen MR) is 102 cm³/mol. The molecule has 0 amide bonds. The summed E-state index contributed by atoms with van der Waals surface area (Å²) in [6.45, 7) is 0. The zero-order chi connectivity index (χ0) is 22.5. The van der Waals surface area contributed by atoms with E-state index in [-0.39, 0.29) is 5.88 Å². The van der Waals surface area contributed by atoms with Crippen LogP contribution in [0.25, 0.3) is 0 Å². The molecule has 0 unspecified atom stereocenters. The second-order valence-corrected chi connectivity index (χ2v) is 7.52. The number of hydrogen-bond acceptors (Lipinski definition) is 7. The maximum atomic E-state index is 12.4. The first kappa shape index (κ1) is 22.1. The molecule has 0 saturated carbocycles. The van der Waals surface area contributed by atoms with Gasteiger partial charge in [0, 0.05) is 6.07 Å². The first-order chi connectivity index (χ1) is 14.7. The Balaban J connectivity index is 1.70. The Labute approximate surface area is 175 Å². The Morgan fingerprint density at radius 2 is 1.42 bits per heavy atom. The van der Waals surface area contributed by atoms with Crippen molar-refractivity contribution in [3.8, 4) is 11.6 Å². The van der Waals surface area contributed by atoms with Crippen molar-refractivity contribution in [1.82, 2.24) is 4.98 Å². The van der Waals surface area contributed by atoms with Gasteiger partial charge in [-0.3, -0.25) is 0 Å². The lowest BCUT2D eigenvalue weighted by Gasteiger charge is -2.18. The first-order valence-corrected chi connectivity index (χ1v) is 10.0. The number of alkyl halides is 3. The molecule has 3 rings (SSSR count). The fourth-order valence-electron chi connectivity index (χ4n) is 2.44. The monoisotopic (exact) mass is 453 g/mol. The Morgan fingerprint density at radius 1 is 0.871 bits per heavy atom. The largest absolute Gasteiger partial charge is 0.534 e. The van der Waals surface area contributed by atoms with Gasteiger partial charge in [-0.25, -0.2) is 9.78 Å². The third-order valence-corrected chi connectivity index (χ3v) is 4.78. The molecule has 7 nitrogen and oxygen atoms in total. The van der Waals surface area contributed by atoms with Crippen LogP contribution >= 0.6 is 0 Å². The van der Waals surface area contributed by atoms with E-state index in [9.17, 15) is 26.4 Å². The number of rotatable bonds is 6. The molecule has 0 aliphatic heterocycles. The molecule has 0 aliphatic rings. The summed E-state index contributed by atoms with van der Waals surface area (Å²) in [6.07, 6.45) is -1.24. The lowest BCUT2D eigenvalue weighted by Crippen LogP contribution is -2.28. The maximum absolute atomic E-state index is 12.4. The first-order valence-electron chi connectivity index (χ1n) is 8.61. The van der Waals surface area contributed by atoms with Crippen LogP contribution in [-0.2, 0) is 14.9 Å². The average molecular weight is 453 g/mol. The van der Waals surface area contributed by atoms with Crippen LogP contribution in [0.15, 0.2) is 79.0 Å². The molecule has 3 aromatic rings. The number of nitrogens with zero attached hydrogens (tertiary/aromatic N) is 1. The summed E-state index contributed by atoms with van der Waals surface area (Å²) in [5.41, 5.74) is -4.23. The highest BCUT2D eigenvalue weighted by molar-refractivity contribution is 7.88. The zero-order valence-electron chi connectivity index (χ0n) is 15.5. The number of aromatic nitrogens is 1. The number of halogens is 3. The molecule has 0 spiro atoms. The van der Waals surface area contributed by atoms with E-state index in [1.807, 2.05) is 0 Å². The van der Waals surface area contributed by atoms with Crippen molar-refractivity contribution in [3.63, 3.8) is 0 Å². The quantitative estimate of drug-likeness (QED) is 0.306. The molecule has 2 aromatic carbocycles. The van der Waals surface area contributed by atoms with Crippen LogP contribution in [-0.4, -0.2) is 25.1 Å². The Morgan fingerprint density at radius 3 is 1.87 bits per heavy atom. The fraction of sp³-hybridized carbons (Fsp3) is 0.100. The van der Waals surface area contributed by atoms with Crippen molar-refractivity contribution >= 4 is 16.3 Å². The standard InChI is InChI=1S/C20H14F3NO6S/c21-20(22,23)31(26,27)30-16-11-12-17(24-13-16)28-19(25)29-18(14-7-3-1-4-8-14)15-9-5-2-6-10-15/h1-13,18H. The molecular weight excluding hydrogens is 439 g/mol. The SMILES string of the molecule is O=C(Oc1ccc(OS(=O)(=O)C(F)(F)F)cn1)OC(c1ccccc1)c1ccccc1. The summed E-state index contributed by atoms with van der Waals surface area (Å²) in [5.74, 6) is -1.04. The Kier molecular flexibility index (Phi) is 6.44. The minimum atomic E-state index is -5.84. The molecule has 0 radical (unpaired) electrons. The van der Waals surface area contributed by atoms with Gasteiger partial charge in [0.15, 0.2) is 11.9 Å². The second kappa shape index (κ2) is 9.04. The van der Waals surface area contributed by atoms with Gasteiger partial charge in [0.05, 0.1) is 6.20 Å². The van der Waals surface area contributed by atoms with Crippen molar-refractivity contribution in [3.05, 3.63) is 90.1 Å². The van der Waals surface area contributed by atoms with Gasteiger partial charge < -0.3 is 13.7 Å². The number of ether oxygens (including phenoxy) is 2. The maximum Gasteiger partial charge on any atom is 0.534 e. The topological polar surface area (TPSA) is 91.8 Å². The molecule has 162 valence electrons. The smallest absolute Gasteiger partial charge is 0.421 e. The molecule has 0 saturated heterocycles. The molecule has 31 heavy (non-hydrogen) atoms. The van der Waals surface area contributed by atoms with E-state index in [0.29, 0.717) is 17.3 Å². The van der Waals surface area contributed by atoms with E-state index < -0.39 is 33.6 Å². The van der Waals surface area contributed by atoms with Gasteiger partial charge >= 0.3 is 21.8 Å². The molecule has 0 atom stereocenters. The summed E-state index contributed by atoms with van der Waals surface area (Å²) >= 11 is 0. The Bertz CT molecular complexity index is 1080. The van der Waals surface area contributed by atoms with Gasteiger partial charge in [-0.05, 0) is 17.2 Å². The summed E-state index contributed by atoms with van der Waals surface area (Å²) in [4.78, 5) is 15.8. The minimum Gasteiger partial charge on any atom is -0.421 e. The van der Waals surface area contributed by atoms with Crippen LogP contribution in [0.1, 0.15) is 17.2 Å². The second-order valence-electron chi connectivity index (χ2n) is 5.99. The van der Waals surface area contributed by atoms with Crippen LogP contribution in [0, 0.1) is 0 Å². The number of benzene rings is 2. The molecule has 11 heteroatoms. The van der Waals surface area contributed by atoms with Gasteiger partial charge in [-0.2, -0.15) is 21.6 Å². The fourth-order valence-corrected chi connectivity index (χ4v) is 2.89. The summed E-state index contributed by atoms with van der Waals surface area (Å²) in [5, 5.41) is 0. The zero-order valence-corrected chi connectivity index (χ0v) is 16.3. The van der Waals surface area contributed by atoms with Crippen LogP contribution < -0.4 is 8.92 Å². The van der Waals surface area contributed by atoms with E-state index in [2.05, 4.69) is 9.17 Å². The van der Waals surface area contributed by atoms with Crippen molar-refractivity contribution in [2.45, 2.75) is 11.6 Å². The van der Waals surface area contributed by atoms with Crippen LogP contribution in [0.4, 0.5) is 18.0 Å². The van der Waals surface area contributed by atoms with E-state index >= 15 is 0 Å². The summed E-state index contributed by atoms with van der Waals surface area (Å²) in [7, 11) is -5.84. The van der Waals surface area contributed by atoms with Crippen LogP contribution in [0.3, 0.4) is 0 Å². The highest BCUT2D eigenvalue weighted by Gasteiger charge is 2.48. The lowest BCUT2D eigenvalue weighted by atomic mass is 10.0. The highest BCUT2D eigenvalue weighted by atomic mass is 32.2. The molecule has 0 aliphatic carbocycles. The normalized spacial score (nSPS) is 11.7. The van der Waals surface area contributed by atoms with Crippen LogP contribution in [0.2, 0.25) is 0 Å². The predicted octanol–water partition coefficient (Wildman–Crippen LogP) is 4.62. The van der Waals surface area contributed by atoms with Gasteiger partial charge in [0.1, 0.15) is 0 Å². The molecule has 1 aromatic heterocycles. The number of carbonyl (C=O) groups excluding carboxylic acids is 1. The Hall–Kier alpha value is -3.60. The number of hydrogen-bond donors (Lipinski definition) is 0. The average Bonchev–Trinajstić information content (AvgIpc) is 2.74. The number of carbonyl (C=O) groups is 1. The third-order valence-electron chi connectivity index (χ3n) is 3.81. The van der Waals surface area contributed by atoms with Gasteiger partial charge in [0.2, 0.25) is 5.88 Å².